The molecule has 9 aromatic carbocycles. The zero-order valence-corrected chi connectivity index (χ0v) is 30.9. The van der Waals surface area contributed by atoms with E-state index in [1.807, 2.05) is 0 Å². The average molecular weight is 713 g/mol. The van der Waals surface area contributed by atoms with Gasteiger partial charge in [0.25, 0.3) is 0 Å². The lowest BCUT2D eigenvalue weighted by molar-refractivity contribution is 0.714. The van der Waals surface area contributed by atoms with Crippen molar-refractivity contribution in [2.75, 3.05) is 0 Å². The normalized spacial score (nSPS) is 14.6. The summed E-state index contributed by atoms with van der Waals surface area (Å²) in [6.45, 7) is 2.36. The summed E-state index contributed by atoms with van der Waals surface area (Å²) >= 11 is 0. The van der Waals surface area contributed by atoms with Gasteiger partial charge in [0.15, 0.2) is 5.82 Å². The maximum Gasteiger partial charge on any atom is 0.161 e. The first-order valence-corrected chi connectivity index (χ1v) is 19.3. The van der Waals surface area contributed by atoms with Crippen LogP contribution in [0.5, 0.6) is 0 Å². The van der Waals surface area contributed by atoms with Gasteiger partial charge >= 0.3 is 0 Å². The van der Waals surface area contributed by atoms with Crippen molar-refractivity contribution in [2.45, 2.75) is 12.3 Å². The minimum absolute atomic E-state index is 0.271. The summed E-state index contributed by atoms with van der Waals surface area (Å²) in [4.78, 5) is 11.1. The van der Waals surface area contributed by atoms with Gasteiger partial charge in [-0.1, -0.05) is 182 Å². The van der Waals surface area contributed by atoms with Crippen molar-refractivity contribution in [3.63, 3.8) is 0 Å². The fourth-order valence-corrected chi connectivity index (χ4v) is 9.23. The summed E-state index contributed by atoms with van der Waals surface area (Å²) < 4.78 is 0. The largest absolute Gasteiger partial charge is 0.228 e. The van der Waals surface area contributed by atoms with Crippen LogP contribution < -0.4 is 0 Å². The van der Waals surface area contributed by atoms with Gasteiger partial charge in [-0.3, -0.25) is 0 Å². The molecule has 0 bridgehead atoms. The zero-order valence-electron chi connectivity index (χ0n) is 30.9. The summed E-state index contributed by atoms with van der Waals surface area (Å²) in [6, 6.07) is 72.2. The zero-order chi connectivity index (χ0) is 37.2. The van der Waals surface area contributed by atoms with Gasteiger partial charge in [0.2, 0.25) is 0 Å². The van der Waals surface area contributed by atoms with Crippen LogP contribution in [0.4, 0.5) is 0 Å². The van der Waals surface area contributed by atoms with Crippen molar-refractivity contribution in [3.8, 4) is 56.2 Å². The summed E-state index contributed by atoms with van der Waals surface area (Å²) in [5, 5.41) is 7.09. The lowest BCUT2D eigenvalue weighted by Crippen LogP contribution is -2.22. The monoisotopic (exact) mass is 712 g/mol. The second-order valence-corrected chi connectivity index (χ2v) is 15.0. The van der Waals surface area contributed by atoms with E-state index in [1.54, 1.807) is 0 Å². The Morgan fingerprint density at radius 2 is 0.982 bits per heavy atom. The van der Waals surface area contributed by atoms with Crippen molar-refractivity contribution in [1.29, 1.82) is 0 Å². The van der Waals surface area contributed by atoms with Gasteiger partial charge in [-0.05, 0) is 96.4 Å². The molecular formula is C54H36N2. The van der Waals surface area contributed by atoms with Gasteiger partial charge in [-0.15, -0.1) is 0 Å². The molecule has 0 amide bonds. The summed E-state index contributed by atoms with van der Waals surface area (Å²) in [7, 11) is 0. The fraction of sp³-hybridized carbons (Fsp3) is 0.0370. The van der Waals surface area contributed by atoms with Crippen LogP contribution in [-0.4, -0.2) is 9.97 Å². The van der Waals surface area contributed by atoms with Crippen LogP contribution in [0.1, 0.15) is 23.6 Å². The number of hydrogen-bond acceptors (Lipinski definition) is 2. The van der Waals surface area contributed by atoms with E-state index in [9.17, 15) is 0 Å². The highest BCUT2D eigenvalue weighted by atomic mass is 14.9. The SMILES string of the molecule is CC1(c2ccccc2)c2ccccc2-c2cc(-c3cc(-c4ccccc4-c4ccccc4)nc(-c4c5ccccc5cc5c4ccc4ccccc45)n3)ccc21. The molecule has 0 spiro atoms. The number of benzene rings is 9. The van der Waals surface area contributed by atoms with Crippen molar-refractivity contribution >= 4 is 32.3 Å². The molecule has 0 saturated carbocycles. The minimum Gasteiger partial charge on any atom is -0.228 e. The lowest BCUT2D eigenvalue weighted by Gasteiger charge is -2.28. The van der Waals surface area contributed by atoms with E-state index in [1.165, 1.54) is 49.4 Å². The Kier molecular flexibility index (Phi) is 7.33. The van der Waals surface area contributed by atoms with Gasteiger partial charge in [0.1, 0.15) is 0 Å². The molecule has 0 fully saturated rings. The summed E-state index contributed by atoms with van der Waals surface area (Å²) in [5.41, 5.74) is 13.4. The standard InChI is InChI=1S/C54H36N2/c1-54(39-20-6-3-7-21-39)48-27-15-14-25-43(48)47-33-38(29-31-49(47)54)50-34-51(44-26-13-12-22-40(44)35-16-4-2-5-17-35)56-53(55-50)52-42-24-11-9-19-37(42)32-46-41-23-10-8-18-36(41)28-30-45(46)52/h2-34H,1H3. The molecule has 0 N–H and O–H groups in total. The van der Waals surface area contributed by atoms with Crippen LogP contribution in [0, 0.1) is 0 Å². The molecule has 0 saturated heterocycles. The Morgan fingerprint density at radius 3 is 1.80 bits per heavy atom. The van der Waals surface area contributed by atoms with Crippen LogP contribution in [0.25, 0.3) is 88.5 Å². The van der Waals surface area contributed by atoms with Crippen LogP contribution in [0.2, 0.25) is 0 Å². The van der Waals surface area contributed by atoms with Gasteiger partial charge in [0.05, 0.1) is 11.4 Å². The van der Waals surface area contributed by atoms with Crippen LogP contribution >= 0.6 is 0 Å². The lowest BCUT2D eigenvalue weighted by atomic mass is 9.74. The molecule has 56 heavy (non-hydrogen) atoms. The number of nitrogens with zero attached hydrogens (tertiary/aromatic N) is 2. The predicted molar refractivity (Wildman–Crippen MR) is 234 cm³/mol. The van der Waals surface area contributed by atoms with Gasteiger partial charge in [-0.2, -0.15) is 0 Å². The molecule has 0 radical (unpaired) electrons. The van der Waals surface area contributed by atoms with E-state index in [2.05, 4.69) is 207 Å². The van der Waals surface area contributed by atoms with E-state index in [4.69, 9.17) is 9.97 Å². The van der Waals surface area contributed by atoms with E-state index < -0.39 is 0 Å². The third kappa shape index (κ3) is 4.96. The van der Waals surface area contributed by atoms with Crippen molar-refractivity contribution in [1.82, 2.24) is 9.97 Å². The molecule has 2 heteroatoms. The summed E-state index contributed by atoms with van der Waals surface area (Å²) in [6.07, 6.45) is 0. The fourth-order valence-electron chi connectivity index (χ4n) is 9.23. The van der Waals surface area contributed by atoms with E-state index in [0.717, 1.165) is 50.0 Å². The maximum atomic E-state index is 5.55. The van der Waals surface area contributed by atoms with Crippen LogP contribution in [0.3, 0.4) is 0 Å². The first-order valence-electron chi connectivity index (χ1n) is 19.3. The van der Waals surface area contributed by atoms with E-state index >= 15 is 0 Å². The van der Waals surface area contributed by atoms with Crippen molar-refractivity contribution in [2.24, 2.45) is 0 Å². The molecule has 11 rings (SSSR count). The molecule has 1 aliphatic carbocycles. The molecule has 1 aromatic heterocycles. The predicted octanol–water partition coefficient (Wildman–Crippen LogP) is 13.9. The highest BCUT2D eigenvalue weighted by Crippen LogP contribution is 2.53. The van der Waals surface area contributed by atoms with Gasteiger partial charge < -0.3 is 0 Å². The maximum absolute atomic E-state index is 5.55. The molecule has 1 heterocycles. The number of fused-ring (bicyclic) bond motifs is 7. The van der Waals surface area contributed by atoms with Crippen molar-refractivity contribution in [3.05, 3.63) is 217 Å². The minimum atomic E-state index is -0.271. The molecule has 262 valence electrons. The molecule has 1 atom stereocenters. The molecular weight excluding hydrogens is 677 g/mol. The van der Waals surface area contributed by atoms with Gasteiger partial charge in [0, 0.05) is 22.1 Å². The number of aromatic nitrogens is 2. The summed E-state index contributed by atoms with van der Waals surface area (Å²) in [5.74, 6) is 0.715. The Balaban J connectivity index is 1.20. The first kappa shape index (κ1) is 32.3. The third-order valence-electron chi connectivity index (χ3n) is 12.0. The molecule has 10 aromatic rings. The van der Waals surface area contributed by atoms with Crippen LogP contribution in [-0.2, 0) is 5.41 Å². The number of rotatable bonds is 5. The smallest absolute Gasteiger partial charge is 0.161 e. The van der Waals surface area contributed by atoms with E-state index in [-0.39, 0.29) is 5.41 Å². The highest BCUT2D eigenvalue weighted by molar-refractivity contribution is 6.19. The quantitative estimate of drug-likeness (QED) is 0.131. The molecule has 2 nitrogen and oxygen atoms in total. The average Bonchev–Trinajstić information content (AvgIpc) is 3.54. The Morgan fingerprint density at radius 1 is 0.357 bits per heavy atom. The second-order valence-electron chi connectivity index (χ2n) is 15.0. The Labute approximate surface area is 326 Å². The third-order valence-corrected chi connectivity index (χ3v) is 12.0. The molecule has 1 unspecified atom stereocenters. The van der Waals surface area contributed by atoms with Crippen molar-refractivity contribution < 1.29 is 0 Å². The van der Waals surface area contributed by atoms with E-state index in [0.29, 0.717) is 5.82 Å². The highest BCUT2D eigenvalue weighted by Gasteiger charge is 2.40. The van der Waals surface area contributed by atoms with Crippen LogP contribution in [0.15, 0.2) is 200 Å². The number of hydrogen-bond donors (Lipinski definition) is 0. The Hall–Kier alpha value is -7.16. The Bertz CT molecular complexity index is 3150. The topological polar surface area (TPSA) is 25.8 Å². The van der Waals surface area contributed by atoms with Gasteiger partial charge in [-0.25, -0.2) is 9.97 Å². The molecule has 0 aliphatic heterocycles. The second kappa shape index (κ2) is 12.7. The first-order chi connectivity index (χ1) is 27.6. The molecule has 1 aliphatic rings.